The number of aromatic amines is 1. The average Bonchev–Trinajstić information content (AvgIpc) is 2.76. The zero-order chi connectivity index (χ0) is 11.0. The topological polar surface area (TPSA) is 83.7 Å². The van der Waals surface area contributed by atoms with Crippen LogP contribution in [0.2, 0.25) is 0 Å². The molecule has 0 spiro atoms. The van der Waals surface area contributed by atoms with Crippen LogP contribution in [0.15, 0.2) is 12.5 Å². The van der Waals surface area contributed by atoms with Crippen LogP contribution in [-0.2, 0) is 0 Å². The Morgan fingerprint density at radius 2 is 2.38 bits per heavy atom. The number of H-pyrrole nitrogens is 1. The third-order valence-corrected chi connectivity index (χ3v) is 2.98. The van der Waals surface area contributed by atoms with Gasteiger partial charge in [-0.25, -0.2) is 9.97 Å². The molecule has 0 amide bonds. The number of anilines is 1. The van der Waals surface area contributed by atoms with Crippen molar-refractivity contribution in [3.05, 3.63) is 12.5 Å². The number of piperidine rings is 1. The summed E-state index contributed by atoms with van der Waals surface area (Å²) in [6, 6.07) is 0.241. The molecule has 1 unspecified atom stereocenters. The maximum atomic E-state index is 5.97. The Kier molecular flexibility index (Phi) is 2.21. The van der Waals surface area contributed by atoms with E-state index in [1.807, 2.05) is 0 Å². The van der Waals surface area contributed by atoms with Crippen LogP contribution in [-0.4, -0.2) is 39.3 Å². The van der Waals surface area contributed by atoms with Crippen molar-refractivity contribution in [2.75, 3.05) is 18.0 Å². The van der Waals surface area contributed by atoms with E-state index in [0.29, 0.717) is 0 Å². The highest BCUT2D eigenvalue weighted by molar-refractivity contribution is 5.86. The highest BCUT2D eigenvalue weighted by atomic mass is 15.2. The van der Waals surface area contributed by atoms with Crippen molar-refractivity contribution in [2.45, 2.75) is 18.9 Å². The van der Waals surface area contributed by atoms with Crippen LogP contribution in [0.1, 0.15) is 12.8 Å². The minimum absolute atomic E-state index is 0.241. The minimum atomic E-state index is 0.241. The number of nitrogens with two attached hydrogens (primary N) is 1. The number of rotatable bonds is 1. The Bertz CT molecular complexity index is 493. The molecular weight excluding hydrogens is 204 g/mol. The Labute approximate surface area is 92.9 Å². The first-order valence-electron chi connectivity index (χ1n) is 5.49. The summed E-state index contributed by atoms with van der Waals surface area (Å²) < 4.78 is 0. The average molecular weight is 218 g/mol. The molecule has 1 aliphatic heterocycles. The molecule has 2 aromatic rings. The van der Waals surface area contributed by atoms with Crippen molar-refractivity contribution >= 4 is 16.9 Å². The Balaban J connectivity index is 2.01. The van der Waals surface area contributed by atoms with E-state index in [-0.39, 0.29) is 6.04 Å². The molecule has 3 rings (SSSR count). The zero-order valence-corrected chi connectivity index (χ0v) is 8.93. The SMILES string of the molecule is NC1CCCN(c2ncnc3[nH]ncc23)C1. The van der Waals surface area contributed by atoms with Gasteiger partial charge in [-0.1, -0.05) is 0 Å². The third kappa shape index (κ3) is 1.51. The van der Waals surface area contributed by atoms with Crippen LogP contribution >= 0.6 is 0 Å². The van der Waals surface area contributed by atoms with Crippen molar-refractivity contribution in [3.8, 4) is 0 Å². The van der Waals surface area contributed by atoms with Gasteiger partial charge in [-0.2, -0.15) is 5.10 Å². The van der Waals surface area contributed by atoms with Crippen molar-refractivity contribution in [2.24, 2.45) is 5.73 Å². The Morgan fingerprint density at radius 3 is 3.25 bits per heavy atom. The normalized spacial score (nSPS) is 21.6. The minimum Gasteiger partial charge on any atom is -0.354 e. The molecule has 16 heavy (non-hydrogen) atoms. The van der Waals surface area contributed by atoms with Crippen molar-refractivity contribution < 1.29 is 0 Å². The second kappa shape index (κ2) is 3.71. The van der Waals surface area contributed by atoms with Crippen LogP contribution in [0.4, 0.5) is 5.82 Å². The largest absolute Gasteiger partial charge is 0.354 e. The fourth-order valence-electron chi connectivity index (χ4n) is 2.21. The third-order valence-electron chi connectivity index (χ3n) is 2.98. The molecular formula is C10H14N6. The molecule has 0 radical (unpaired) electrons. The molecule has 84 valence electrons. The molecule has 6 nitrogen and oxygen atoms in total. The van der Waals surface area contributed by atoms with Crippen LogP contribution < -0.4 is 10.6 Å². The lowest BCUT2D eigenvalue weighted by Gasteiger charge is -2.31. The molecule has 0 aromatic carbocycles. The first kappa shape index (κ1) is 9.53. The van der Waals surface area contributed by atoms with Gasteiger partial charge in [-0.05, 0) is 12.8 Å². The lowest BCUT2D eigenvalue weighted by atomic mass is 10.1. The lowest BCUT2D eigenvalue weighted by Crippen LogP contribution is -2.43. The van der Waals surface area contributed by atoms with Gasteiger partial charge in [0.15, 0.2) is 5.65 Å². The second-order valence-corrected chi connectivity index (χ2v) is 4.18. The zero-order valence-electron chi connectivity index (χ0n) is 8.93. The van der Waals surface area contributed by atoms with Gasteiger partial charge >= 0.3 is 0 Å². The van der Waals surface area contributed by atoms with Gasteiger partial charge in [-0.15, -0.1) is 0 Å². The molecule has 3 N–H and O–H groups in total. The monoisotopic (exact) mass is 218 g/mol. The first-order chi connectivity index (χ1) is 7.84. The van der Waals surface area contributed by atoms with Gasteiger partial charge in [0.1, 0.15) is 12.1 Å². The van der Waals surface area contributed by atoms with Crippen LogP contribution in [0.25, 0.3) is 11.0 Å². The predicted octanol–water partition coefficient (Wildman–Crippen LogP) is 0.280. The van der Waals surface area contributed by atoms with E-state index in [9.17, 15) is 0 Å². The quantitative estimate of drug-likeness (QED) is 0.718. The molecule has 0 bridgehead atoms. The van der Waals surface area contributed by atoms with Gasteiger partial charge in [0.25, 0.3) is 0 Å². The number of hydrogen-bond acceptors (Lipinski definition) is 5. The predicted molar refractivity (Wildman–Crippen MR) is 61.1 cm³/mol. The number of hydrogen-bond donors (Lipinski definition) is 2. The summed E-state index contributed by atoms with van der Waals surface area (Å²) in [5.74, 6) is 0.939. The molecule has 1 atom stereocenters. The van der Waals surface area contributed by atoms with Crippen LogP contribution in [0, 0.1) is 0 Å². The molecule has 1 fully saturated rings. The lowest BCUT2D eigenvalue weighted by molar-refractivity contribution is 0.504. The van der Waals surface area contributed by atoms with E-state index >= 15 is 0 Å². The molecule has 6 heteroatoms. The van der Waals surface area contributed by atoms with Gasteiger partial charge in [0, 0.05) is 19.1 Å². The number of aromatic nitrogens is 4. The Hall–Kier alpha value is -1.69. The summed E-state index contributed by atoms with van der Waals surface area (Å²) in [5.41, 5.74) is 6.75. The maximum Gasteiger partial charge on any atom is 0.160 e. The highest BCUT2D eigenvalue weighted by Gasteiger charge is 2.20. The van der Waals surface area contributed by atoms with E-state index in [1.165, 1.54) is 0 Å². The van der Waals surface area contributed by atoms with Gasteiger partial charge in [0.05, 0.1) is 11.6 Å². The summed E-state index contributed by atoms with van der Waals surface area (Å²) in [5, 5.41) is 7.81. The summed E-state index contributed by atoms with van der Waals surface area (Å²) in [6.45, 7) is 1.86. The molecule has 2 aromatic heterocycles. The highest BCUT2D eigenvalue weighted by Crippen LogP contribution is 2.23. The van der Waals surface area contributed by atoms with Gasteiger partial charge in [-0.3, -0.25) is 5.10 Å². The van der Waals surface area contributed by atoms with E-state index in [2.05, 4.69) is 25.1 Å². The summed E-state index contributed by atoms with van der Waals surface area (Å²) >= 11 is 0. The fraction of sp³-hybridized carbons (Fsp3) is 0.500. The summed E-state index contributed by atoms with van der Waals surface area (Å²) in [7, 11) is 0. The summed E-state index contributed by atoms with van der Waals surface area (Å²) in [6.07, 6.45) is 5.54. The van der Waals surface area contributed by atoms with Crippen molar-refractivity contribution in [1.29, 1.82) is 0 Å². The number of fused-ring (bicyclic) bond motifs is 1. The fourth-order valence-corrected chi connectivity index (χ4v) is 2.21. The van der Waals surface area contributed by atoms with E-state index in [4.69, 9.17) is 5.73 Å². The van der Waals surface area contributed by atoms with Crippen molar-refractivity contribution in [1.82, 2.24) is 20.2 Å². The van der Waals surface area contributed by atoms with Crippen LogP contribution in [0.3, 0.4) is 0 Å². The molecule has 3 heterocycles. The van der Waals surface area contributed by atoms with Gasteiger partial charge in [0.2, 0.25) is 0 Å². The first-order valence-corrected chi connectivity index (χ1v) is 5.49. The number of nitrogens with one attached hydrogen (secondary N) is 1. The molecule has 1 saturated heterocycles. The standard InChI is InChI=1S/C10H14N6/c11-7-2-1-3-16(5-7)10-8-4-14-15-9(8)12-6-13-10/h4,6-7H,1-3,5,11H2,(H,12,13,14,15). The van der Waals surface area contributed by atoms with E-state index in [1.54, 1.807) is 12.5 Å². The molecule has 0 aliphatic carbocycles. The Morgan fingerprint density at radius 1 is 1.44 bits per heavy atom. The van der Waals surface area contributed by atoms with E-state index in [0.717, 1.165) is 42.8 Å². The maximum absolute atomic E-state index is 5.97. The molecule has 1 aliphatic rings. The smallest absolute Gasteiger partial charge is 0.160 e. The van der Waals surface area contributed by atoms with Gasteiger partial charge < -0.3 is 10.6 Å². The van der Waals surface area contributed by atoms with Crippen LogP contribution in [0.5, 0.6) is 0 Å². The molecule has 0 saturated carbocycles. The van der Waals surface area contributed by atoms with Crippen molar-refractivity contribution in [3.63, 3.8) is 0 Å². The second-order valence-electron chi connectivity index (χ2n) is 4.18. The van der Waals surface area contributed by atoms with E-state index < -0.39 is 0 Å². The summed E-state index contributed by atoms with van der Waals surface area (Å²) in [4.78, 5) is 10.7. The number of nitrogens with zero attached hydrogens (tertiary/aromatic N) is 4.